The number of anilines is 2. The van der Waals surface area contributed by atoms with E-state index in [9.17, 15) is 4.79 Å². The smallest absolute Gasteiger partial charge is 0.251 e. The summed E-state index contributed by atoms with van der Waals surface area (Å²) in [5, 5.41) is 5.93. The summed E-state index contributed by atoms with van der Waals surface area (Å²) in [5.41, 5.74) is 10.1. The fraction of sp³-hybridized carbons (Fsp3) is 0.379. The van der Waals surface area contributed by atoms with Gasteiger partial charge in [0.1, 0.15) is 18.4 Å². The number of nitrogens with zero attached hydrogens (tertiary/aromatic N) is 3. The van der Waals surface area contributed by atoms with Gasteiger partial charge in [-0.15, -0.1) is 0 Å². The Hall–Kier alpha value is -3.82. The minimum Gasteiger partial charge on any atom is -0.399 e. The number of nitrogens with one attached hydrogen (secondary N) is 2. The van der Waals surface area contributed by atoms with Gasteiger partial charge in [-0.2, -0.15) is 0 Å². The number of fused-ring (bicyclic) bond motifs is 1. The molecular formula is C29H38N6O3. The van der Waals surface area contributed by atoms with E-state index in [0.717, 1.165) is 59.8 Å². The number of piperidine rings is 1. The van der Waals surface area contributed by atoms with Crippen LogP contribution in [0, 0.1) is 12.8 Å². The van der Waals surface area contributed by atoms with Crippen molar-refractivity contribution in [1.82, 2.24) is 20.6 Å². The lowest BCUT2D eigenvalue weighted by Crippen LogP contribution is -2.26. The molecule has 3 aromatic rings. The number of benzene rings is 2. The van der Waals surface area contributed by atoms with Crippen LogP contribution < -0.4 is 21.3 Å². The number of methoxy groups -OCH3 is 1. The number of carbonyl (C=O) groups is 2. The van der Waals surface area contributed by atoms with Crippen molar-refractivity contribution in [3.05, 3.63) is 71.7 Å². The quantitative estimate of drug-likeness (QED) is 0.307. The van der Waals surface area contributed by atoms with Crippen LogP contribution >= 0.6 is 0 Å². The molecule has 38 heavy (non-hydrogen) atoms. The maximum atomic E-state index is 12.6. The molecule has 0 spiro atoms. The Morgan fingerprint density at radius 3 is 2.29 bits per heavy atom. The van der Waals surface area contributed by atoms with Gasteiger partial charge in [-0.3, -0.25) is 4.79 Å². The molecule has 9 heteroatoms. The number of hydrogen-bond acceptors (Lipinski definition) is 8. The van der Waals surface area contributed by atoms with Crippen LogP contribution in [0.5, 0.6) is 0 Å². The zero-order valence-electron chi connectivity index (χ0n) is 22.4. The summed E-state index contributed by atoms with van der Waals surface area (Å²) in [6.07, 6.45) is 2.54. The fourth-order valence-corrected chi connectivity index (χ4v) is 4.50. The minimum absolute atomic E-state index is 0.111. The van der Waals surface area contributed by atoms with Crippen LogP contribution in [-0.2, 0) is 16.1 Å². The molecule has 4 N–H and O–H groups in total. The third kappa shape index (κ3) is 7.84. The normalized spacial score (nSPS) is 16.9. The summed E-state index contributed by atoms with van der Waals surface area (Å²) in [5.74, 6) is 2.47. The van der Waals surface area contributed by atoms with Gasteiger partial charge in [0.25, 0.3) is 5.91 Å². The molecule has 0 radical (unpaired) electrons. The van der Waals surface area contributed by atoms with Crippen molar-refractivity contribution in [2.24, 2.45) is 5.92 Å². The third-order valence-electron chi connectivity index (χ3n) is 6.58. The number of nitrogens with two attached hydrogens (primary N) is 1. The Kier molecular flexibility index (Phi) is 10.7. The second kappa shape index (κ2) is 14.2. The minimum atomic E-state index is -0.111. The molecule has 1 aromatic heterocycles. The highest BCUT2D eigenvalue weighted by Gasteiger charge is 2.47. The summed E-state index contributed by atoms with van der Waals surface area (Å²) in [6, 6.07) is 18.0. The van der Waals surface area contributed by atoms with Crippen molar-refractivity contribution < 1.29 is 14.3 Å². The lowest BCUT2D eigenvalue weighted by atomic mass is 10.0. The van der Waals surface area contributed by atoms with Crippen molar-refractivity contribution in [3.63, 3.8) is 0 Å². The van der Waals surface area contributed by atoms with Crippen LogP contribution in [0.2, 0.25) is 0 Å². The number of likely N-dealkylation sites (N-methyl/N-ethyl adjacent to an activating group) is 1. The Bertz CT molecular complexity index is 1170. The highest BCUT2D eigenvalue weighted by atomic mass is 16.5. The molecule has 2 unspecified atom stereocenters. The first-order valence-electron chi connectivity index (χ1n) is 12.8. The molecule has 2 atom stereocenters. The average Bonchev–Trinajstić information content (AvgIpc) is 3.60. The molecule has 1 amide bonds. The first-order chi connectivity index (χ1) is 18.5. The van der Waals surface area contributed by atoms with Crippen molar-refractivity contribution in [2.45, 2.75) is 32.4 Å². The van der Waals surface area contributed by atoms with Crippen LogP contribution in [0.3, 0.4) is 0 Å². The molecule has 202 valence electrons. The monoisotopic (exact) mass is 518 g/mol. The molecule has 1 saturated carbocycles. The molecule has 5 rings (SSSR count). The predicted octanol–water partition coefficient (Wildman–Crippen LogP) is 3.23. The molecule has 2 aromatic carbocycles. The topological polar surface area (TPSA) is 122 Å². The van der Waals surface area contributed by atoms with Crippen LogP contribution in [0.1, 0.15) is 34.7 Å². The van der Waals surface area contributed by atoms with Crippen LogP contribution in [-0.4, -0.2) is 62.6 Å². The number of amides is 1. The third-order valence-corrected chi connectivity index (χ3v) is 6.58. The molecule has 0 bridgehead atoms. The molecule has 2 heterocycles. The number of aryl methyl sites for hydroxylation is 1. The number of hydrogen-bond donors (Lipinski definition) is 3. The summed E-state index contributed by atoms with van der Waals surface area (Å²) >= 11 is 0. The van der Waals surface area contributed by atoms with Gasteiger partial charge in [0.15, 0.2) is 0 Å². The Morgan fingerprint density at radius 2 is 1.76 bits per heavy atom. The lowest BCUT2D eigenvalue weighted by molar-refractivity contribution is -0.0980. The van der Waals surface area contributed by atoms with E-state index in [0.29, 0.717) is 18.2 Å². The Labute approximate surface area is 224 Å². The number of carbonyl (C=O) groups excluding carboxylic acids is 2. The van der Waals surface area contributed by atoms with Gasteiger partial charge in [0, 0.05) is 43.6 Å². The second-order valence-corrected chi connectivity index (χ2v) is 9.29. The van der Waals surface area contributed by atoms with E-state index in [4.69, 9.17) is 15.3 Å². The largest absolute Gasteiger partial charge is 0.399 e. The molecular weight excluding hydrogens is 480 g/mol. The Balaban J connectivity index is 0.000000443. The van der Waals surface area contributed by atoms with E-state index in [2.05, 4.69) is 25.5 Å². The van der Waals surface area contributed by atoms with Gasteiger partial charge in [0.05, 0.1) is 18.8 Å². The van der Waals surface area contributed by atoms with Crippen molar-refractivity contribution in [3.8, 4) is 11.1 Å². The maximum Gasteiger partial charge on any atom is 0.251 e. The van der Waals surface area contributed by atoms with E-state index in [1.807, 2.05) is 75.4 Å². The van der Waals surface area contributed by atoms with Crippen LogP contribution in [0.25, 0.3) is 11.1 Å². The Morgan fingerprint density at radius 1 is 1.11 bits per heavy atom. The van der Waals surface area contributed by atoms with E-state index < -0.39 is 0 Å². The van der Waals surface area contributed by atoms with Gasteiger partial charge in [-0.1, -0.05) is 24.3 Å². The predicted molar refractivity (Wildman–Crippen MR) is 151 cm³/mol. The van der Waals surface area contributed by atoms with Gasteiger partial charge in [-0.25, -0.2) is 9.97 Å². The van der Waals surface area contributed by atoms with Gasteiger partial charge in [0.2, 0.25) is 0 Å². The highest BCUT2D eigenvalue weighted by molar-refractivity contribution is 5.94. The average molecular weight is 519 g/mol. The lowest BCUT2D eigenvalue weighted by Gasteiger charge is -2.20. The maximum absolute atomic E-state index is 12.6. The summed E-state index contributed by atoms with van der Waals surface area (Å²) in [4.78, 5) is 32.1. The first-order valence-corrected chi connectivity index (χ1v) is 12.8. The van der Waals surface area contributed by atoms with Crippen LogP contribution in [0.4, 0.5) is 11.5 Å². The van der Waals surface area contributed by atoms with Crippen molar-refractivity contribution in [2.75, 3.05) is 44.5 Å². The molecule has 1 aliphatic carbocycles. The number of ether oxygens (including phenoxy) is 1. The van der Waals surface area contributed by atoms with Gasteiger partial charge < -0.3 is 30.8 Å². The molecule has 1 aliphatic heterocycles. The molecule has 2 aliphatic rings. The molecule has 9 nitrogen and oxygen atoms in total. The summed E-state index contributed by atoms with van der Waals surface area (Å²) < 4.78 is 4.72. The van der Waals surface area contributed by atoms with E-state index in [1.165, 1.54) is 12.8 Å². The fourth-order valence-electron chi connectivity index (χ4n) is 4.50. The van der Waals surface area contributed by atoms with E-state index in [-0.39, 0.29) is 5.91 Å². The standard InChI is InChI=1S/C24H25N5O.C4H11NO.CH2O/c1-15-27-21(13-23(28-15)29-11-10-19-12-22(19)29)14-26-24(30)18-4-2-16(3-5-18)17-6-8-20(25)9-7-17;1-5-3-4-6-2;1-2/h2-9,13,19,22H,10-12,14,25H2,1H3,(H,26,30);5H,3-4H2,1-2H3;1H2. The molecule has 2 fully saturated rings. The van der Waals surface area contributed by atoms with E-state index >= 15 is 0 Å². The number of rotatable bonds is 8. The van der Waals surface area contributed by atoms with Crippen molar-refractivity contribution in [1.29, 1.82) is 0 Å². The summed E-state index contributed by atoms with van der Waals surface area (Å²) in [6.45, 7) is 7.10. The number of nitrogen functional groups attached to an aromatic ring is 1. The summed E-state index contributed by atoms with van der Waals surface area (Å²) in [7, 11) is 3.59. The first kappa shape index (κ1) is 28.7. The number of aromatic nitrogens is 2. The van der Waals surface area contributed by atoms with E-state index in [1.54, 1.807) is 7.11 Å². The zero-order chi connectivity index (χ0) is 27.5. The highest BCUT2D eigenvalue weighted by Crippen LogP contribution is 2.45. The van der Waals surface area contributed by atoms with Crippen molar-refractivity contribution >= 4 is 24.2 Å². The van der Waals surface area contributed by atoms with Crippen LogP contribution in [0.15, 0.2) is 54.6 Å². The van der Waals surface area contributed by atoms with Gasteiger partial charge in [-0.05, 0) is 68.1 Å². The molecule has 1 saturated heterocycles. The SMILES string of the molecule is C=O.CNCCOC.Cc1nc(CNC(=O)c2ccc(-c3ccc(N)cc3)cc2)cc(N2CCC3CC32)n1. The van der Waals surface area contributed by atoms with Gasteiger partial charge >= 0.3 is 0 Å². The zero-order valence-corrected chi connectivity index (χ0v) is 22.4. The second-order valence-electron chi connectivity index (χ2n) is 9.29.